The van der Waals surface area contributed by atoms with Gasteiger partial charge < -0.3 is 9.78 Å². The van der Waals surface area contributed by atoms with E-state index in [2.05, 4.69) is 4.98 Å². The van der Waals surface area contributed by atoms with E-state index < -0.39 is 15.5 Å². The van der Waals surface area contributed by atoms with Gasteiger partial charge in [0.1, 0.15) is 11.0 Å². The fraction of sp³-hybridized carbons (Fsp3) is 0.250. The van der Waals surface area contributed by atoms with Gasteiger partial charge in [-0.3, -0.25) is 4.21 Å². The number of aromatic nitrogens is 1. The Labute approximate surface area is 96.3 Å². The number of hydrogen-bond donors (Lipinski definition) is 1. The Hall–Kier alpha value is -1.42. The van der Waals surface area contributed by atoms with Gasteiger partial charge in [-0.15, -0.1) is 0 Å². The largest absolute Gasteiger partial charge is 0.360 e. The number of para-hydroxylation sites is 1. The average Bonchev–Trinajstić information content (AvgIpc) is 2.71. The number of aldehydes is 1. The lowest BCUT2D eigenvalue weighted by Gasteiger charge is -2.15. The minimum absolute atomic E-state index is 0.688. The van der Waals surface area contributed by atoms with E-state index in [0.29, 0.717) is 4.90 Å². The first-order valence-corrected chi connectivity index (χ1v) is 6.15. The van der Waals surface area contributed by atoms with Crippen LogP contribution in [0.15, 0.2) is 35.4 Å². The molecule has 2 aromatic rings. The molecule has 84 valence electrons. The summed E-state index contributed by atoms with van der Waals surface area (Å²) in [7, 11) is -1.34. The van der Waals surface area contributed by atoms with E-state index >= 15 is 0 Å². The van der Waals surface area contributed by atoms with Crippen LogP contribution in [0.1, 0.15) is 13.8 Å². The molecule has 1 N–H and O–H groups in total. The van der Waals surface area contributed by atoms with Crippen LogP contribution in [0.4, 0.5) is 0 Å². The first-order chi connectivity index (χ1) is 7.56. The van der Waals surface area contributed by atoms with Gasteiger partial charge in [0, 0.05) is 17.1 Å². The summed E-state index contributed by atoms with van der Waals surface area (Å²) in [6.07, 6.45) is 2.46. The Morgan fingerprint density at radius 3 is 2.69 bits per heavy atom. The number of rotatable bonds is 3. The predicted octanol–water partition coefficient (Wildman–Crippen LogP) is 2.25. The summed E-state index contributed by atoms with van der Waals surface area (Å²) in [4.78, 5) is 14.6. The second kappa shape index (κ2) is 3.87. The maximum absolute atomic E-state index is 12.2. The Kier molecular flexibility index (Phi) is 2.68. The van der Waals surface area contributed by atoms with Crippen LogP contribution in [0.5, 0.6) is 0 Å². The summed E-state index contributed by atoms with van der Waals surface area (Å²) in [5.74, 6) is 0. The highest BCUT2D eigenvalue weighted by atomic mass is 32.2. The number of H-pyrrole nitrogens is 1. The number of aromatic amines is 1. The summed E-state index contributed by atoms with van der Waals surface area (Å²) in [5, 5.41) is 0.913. The van der Waals surface area contributed by atoms with E-state index in [1.165, 1.54) is 0 Å². The molecule has 1 atom stereocenters. The quantitative estimate of drug-likeness (QED) is 0.829. The van der Waals surface area contributed by atoms with Crippen molar-refractivity contribution < 1.29 is 9.00 Å². The van der Waals surface area contributed by atoms with Crippen molar-refractivity contribution >= 4 is 28.0 Å². The van der Waals surface area contributed by atoms with Crippen molar-refractivity contribution in [1.82, 2.24) is 4.98 Å². The van der Waals surface area contributed by atoms with E-state index in [4.69, 9.17) is 0 Å². The molecule has 1 aromatic carbocycles. The van der Waals surface area contributed by atoms with Gasteiger partial charge in [-0.2, -0.15) is 0 Å². The van der Waals surface area contributed by atoms with E-state index in [1.807, 2.05) is 24.3 Å². The van der Waals surface area contributed by atoms with E-state index in [1.54, 1.807) is 20.0 Å². The number of carbonyl (C=O) groups is 1. The minimum atomic E-state index is -1.34. The lowest BCUT2D eigenvalue weighted by atomic mass is 10.2. The Balaban J connectivity index is 2.57. The van der Waals surface area contributed by atoms with Crippen LogP contribution in [0, 0.1) is 0 Å². The molecule has 1 heterocycles. The number of carbonyl (C=O) groups excluding carboxylic acids is 1. The molecule has 0 bridgehead atoms. The summed E-state index contributed by atoms with van der Waals surface area (Å²) in [5.41, 5.74) is 0.938. The molecule has 0 fully saturated rings. The maximum atomic E-state index is 12.2. The van der Waals surface area contributed by atoms with Crippen molar-refractivity contribution in [2.75, 3.05) is 0 Å². The normalized spacial score (nSPS) is 13.9. The molecule has 16 heavy (non-hydrogen) atoms. The predicted molar refractivity (Wildman–Crippen MR) is 64.9 cm³/mol. The van der Waals surface area contributed by atoms with Gasteiger partial charge in [0.2, 0.25) is 0 Å². The van der Waals surface area contributed by atoms with Crippen LogP contribution < -0.4 is 0 Å². The van der Waals surface area contributed by atoms with Crippen LogP contribution in [-0.4, -0.2) is 20.2 Å². The van der Waals surface area contributed by atoms with Gasteiger partial charge >= 0.3 is 0 Å². The monoisotopic (exact) mass is 235 g/mol. The van der Waals surface area contributed by atoms with Gasteiger partial charge in [-0.25, -0.2) is 0 Å². The van der Waals surface area contributed by atoms with E-state index in [9.17, 15) is 9.00 Å². The number of hydrogen-bond acceptors (Lipinski definition) is 2. The minimum Gasteiger partial charge on any atom is -0.360 e. The van der Waals surface area contributed by atoms with Crippen LogP contribution in [0.2, 0.25) is 0 Å². The molecule has 4 heteroatoms. The van der Waals surface area contributed by atoms with Crippen molar-refractivity contribution in [3.63, 3.8) is 0 Å². The lowest BCUT2D eigenvalue weighted by Crippen LogP contribution is -2.28. The molecular formula is C12H13NO2S. The molecule has 0 spiro atoms. The van der Waals surface area contributed by atoms with Gasteiger partial charge in [0.25, 0.3) is 0 Å². The van der Waals surface area contributed by atoms with Crippen molar-refractivity contribution in [2.24, 2.45) is 0 Å². The third-order valence-electron chi connectivity index (χ3n) is 2.51. The molecule has 1 unspecified atom stereocenters. The summed E-state index contributed by atoms with van der Waals surface area (Å²) < 4.78 is 11.4. The summed E-state index contributed by atoms with van der Waals surface area (Å²) in [6, 6.07) is 7.63. The SMILES string of the molecule is CC(C)(C=O)S(=O)c1c[nH]c2ccccc12. The smallest absolute Gasteiger partial charge is 0.138 e. The Bertz CT molecular complexity index is 557. The summed E-state index contributed by atoms with van der Waals surface area (Å²) >= 11 is 0. The maximum Gasteiger partial charge on any atom is 0.138 e. The third kappa shape index (κ3) is 1.69. The highest BCUT2D eigenvalue weighted by Crippen LogP contribution is 2.26. The second-order valence-corrected chi connectivity index (χ2v) is 6.22. The van der Waals surface area contributed by atoms with Gasteiger partial charge in [-0.1, -0.05) is 18.2 Å². The molecular weight excluding hydrogens is 222 g/mol. The van der Waals surface area contributed by atoms with E-state index in [-0.39, 0.29) is 0 Å². The van der Waals surface area contributed by atoms with Crippen LogP contribution in [-0.2, 0) is 15.6 Å². The highest BCUT2D eigenvalue weighted by Gasteiger charge is 2.28. The number of nitrogens with one attached hydrogen (secondary N) is 1. The second-order valence-electron chi connectivity index (χ2n) is 4.19. The molecule has 0 amide bonds. The molecule has 0 aliphatic rings. The molecule has 0 saturated heterocycles. The molecule has 0 saturated carbocycles. The van der Waals surface area contributed by atoms with Crippen molar-refractivity contribution in [1.29, 1.82) is 0 Å². The molecule has 2 rings (SSSR count). The topological polar surface area (TPSA) is 49.9 Å². The molecule has 0 aliphatic heterocycles. The van der Waals surface area contributed by atoms with Crippen LogP contribution in [0.3, 0.4) is 0 Å². The zero-order chi connectivity index (χ0) is 11.8. The van der Waals surface area contributed by atoms with Gasteiger partial charge in [0.05, 0.1) is 15.7 Å². The Morgan fingerprint density at radius 2 is 2.00 bits per heavy atom. The average molecular weight is 235 g/mol. The first kappa shape index (κ1) is 11.1. The van der Waals surface area contributed by atoms with Crippen LogP contribution in [0.25, 0.3) is 10.9 Å². The molecule has 1 aromatic heterocycles. The zero-order valence-electron chi connectivity index (χ0n) is 9.19. The zero-order valence-corrected chi connectivity index (χ0v) is 10.0. The van der Waals surface area contributed by atoms with Crippen molar-refractivity contribution in [2.45, 2.75) is 23.5 Å². The molecule has 0 radical (unpaired) electrons. The van der Waals surface area contributed by atoms with Crippen LogP contribution >= 0.6 is 0 Å². The van der Waals surface area contributed by atoms with Crippen molar-refractivity contribution in [3.8, 4) is 0 Å². The fourth-order valence-corrected chi connectivity index (χ4v) is 2.72. The van der Waals surface area contributed by atoms with Crippen molar-refractivity contribution in [3.05, 3.63) is 30.5 Å². The fourth-order valence-electron chi connectivity index (χ4n) is 1.53. The van der Waals surface area contributed by atoms with Gasteiger partial charge in [-0.05, 0) is 19.9 Å². The Morgan fingerprint density at radius 1 is 1.31 bits per heavy atom. The van der Waals surface area contributed by atoms with Gasteiger partial charge in [0.15, 0.2) is 0 Å². The highest BCUT2D eigenvalue weighted by molar-refractivity contribution is 7.87. The third-order valence-corrected chi connectivity index (χ3v) is 4.30. The molecule has 0 aliphatic carbocycles. The number of fused-ring (bicyclic) bond motifs is 1. The summed E-state index contributed by atoms with van der Waals surface area (Å²) in [6.45, 7) is 3.36. The van der Waals surface area contributed by atoms with E-state index in [0.717, 1.165) is 17.2 Å². The number of benzene rings is 1. The molecule has 3 nitrogen and oxygen atoms in total. The first-order valence-electron chi connectivity index (χ1n) is 5.00. The standard InChI is InChI=1S/C12H13NO2S/c1-12(2,8-14)16(15)11-7-13-10-6-4-3-5-9(10)11/h3-8,13H,1-2H3. The lowest BCUT2D eigenvalue weighted by molar-refractivity contribution is -0.109.